The zero-order chi connectivity index (χ0) is 22.0. The van der Waals surface area contributed by atoms with Gasteiger partial charge >= 0.3 is 0 Å². The first kappa shape index (κ1) is 20.2. The minimum Gasteiger partial charge on any atom is -0.494 e. The van der Waals surface area contributed by atoms with Gasteiger partial charge in [0, 0.05) is 37.4 Å². The number of fused-ring (bicyclic) bond motifs is 1. The predicted octanol–water partition coefficient (Wildman–Crippen LogP) is 3.91. The minimum absolute atomic E-state index is 0.0314. The van der Waals surface area contributed by atoms with Crippen molar-refractivity contribution >= 4 is 22.6 Å². The molecule has 0 aliphatic carbocycles. The quantitative estimate of drug-likeness (QED) is 0.512. The number of rotatable bonds is 5. The first-order valence-corrected chi connectivity index (χ1v) is 9.55. The number of nitrogens with one attached hydrogen (secondary N) is 2. The summed E-state index contributed by atoms with van der Waals surface area (Å²) < 4.78 is 19.7. The van der Waals surface area contributed by atoms with E-state index in [2.05, 4.69) is 20.6 Å². The van der Waals surface area contributed by atoms with E-state index in [0.717, 1.165) is 16.5 Å². The first-order chi connectivity index (χ1) is 15.0. The third kappa shape index (κ3) is 3.75. The molecule has 2 heterocycles. The smallest absolute Gasteiger partial charge is 0.254 e. The molecular formula is C23H20FN5O2. The Kier molecular flexibility index (Phi) is 5.44. The third-order valence-corrected chi connectivity index (χ3v) is 4.91. The topological polar surface area (TPSA) is 89.0 Å². The molecule has 0 spiro atoms. The first-order valence-electron chi connectivity index (χ1n) is 9.55. The van der Waals surface area contributed by atoms with Crippen LogP contribution in [0.25, 0.3) is 33.4 Å². The van der Waals surface area contributed by atoms with Crippen LogP contribution in [0, 0.1) is 5.82 Å². The van der Waals surface area contributed by atoms with Crippen LogP contribution in [0.3, 0.4) is 0 Å². The molecule has 1 amide bonds. The molecule has 2 aromatic heterocycles. The molecular weight excluding hydrogens is 397 g/mol. The predicted molar refractivity (Wildman–Crippen MR) is 118 cm³/mol. The summed E-state index contributed by atoms with van der Waals surface area (Å²) in [6.07, 6.45) is 3.38. The van der Waals surface area contributed by atoms with Crippen molar-refractivity contribution in [2.45, 2.75) is 0 Å². The maximum absolute atomic E-state index is 14.1. The van der Waals surface area contributed by atoms with Crippen LogP contribution in [-0.2, 0) is 0 Å². The summed E-state index contributed by atoms with van der Waals surface area (Å²) in [4.78, 5) is 25.5. The Balaban J connectivity index is 1.93. The maximum atomic E-state index is 14.1. The zero-order valence-corrected chi connectivity index (χ0v) is 17.2. The van der Waals surface area contributed by atoms with E-state index >= 15 is 0 Å². The van der Waals surface area contributed by atoms with Crippen molar-refractivity contribution in [1.29, 1.82) is 0 Å². The number of ether oxygens (including phenoxy) is 1. The Morgan fingerprint density at radius 3 is 2.55 bits per heavy atom. The highest BCUT2D eigenvalue weighted by Gasteiger charge is 2.17. The van der Waals surface area contributed by atoms with Gasteiger partial charge < -0.3 is 15.4 Å². The third-order valence-electron chi connectivity index (χ3n) is 4.91. The van der Waals surface area contributed by atoms with Crippen molar-refractivity contribution in [1.82, 2.24) is 20.3 Å². The molecule has 0 aliphatic rings. The molecule has 2 N–H and O–H groups in total. The van der Waals surface area contributed by atoms with Gasteiger partial charge in [0.2, 0.25) is 0 Å². The lowest BCUT2D eigenvalue weighted by Crippen LogP contribution is -2.19. The highest BCUT2D eigenvalue weighted by Crippen LogP contribution is 2.36. The maximum Gasteiger partial charge on any atom is 0.254 e. The second kappa shape index (κ2) is 8.35. The van der Waals surface area contributed by atoms with Gasteiger partial charge in [-0.2, -0.15) is 0 Å². The van der Waals surface area contributed by atoms with Crippen LogP contribution in [-0.4, -0.2) is 42.1 Å². The van der Waals surface area contributed by atoms with Crippen LogP contribution in [0.1, 0.15) is 10.4 Å². The van der Waals surface area contributed by atoms with Gasteiger partial charge in [0.15, 0.2) is 5.82 Å². The standard InChI is InChI=1S/C23H20FN5O2/c1-25-22-17-10-15(13-6-7-18(24)16(9-13)23(30)26-2)11-19(31-3)20(17)28-21(29-22)14-5-4-8-27-12-14/h4-12H,1-3H3,(H,26,30)(H,25,28,29). The Hall–Kier alpha value is -4.07. The average Bonchev–Trinajstić information content (AvgIpc) is 2.82. The number of carbonyl (C=O) groups excluding carboxylic acids is 1. The van der Waals surface area contributed by atoms with Gasteiger partial charge in [0.05, 0.1) is 12.7 Å². The number of nitrogens with zero attached hydrogens (tertiary/aromatic N) is 3. The number of hydrogen-bond acceptors (Lipinski definition) is 6. The molecule has 0 saturated heterocycles. The highest BCUT2D eigenvalue weighted by atomic mass is 19.1. The van der Waals surface area contributed by atoms with Gasteiger partial charge in [0.25, 0.3) is 5.91 Å². The van der Waals surface area contributed by atoms with Gasteiger partial charge in [-0.3, -0.25) is 9.78 Å². The van der Waals surface area contributed by atoms with E-state index in [9.17, 15) is 9.18 Å². The Labute approximate surface area is 178 Å². The summed E-state index contributed by atoms with van der Waals surface area (Å²) in [6.45, 7) is 0. The van der Waals surface area contributed by atoms with E-state index in [1.165, 1.54) is 19.2 Å². The van der Waals surface area contributed by atoms with Crippen molar-refractivity contribution in [3.63, 3.8) is 0 Å². The van der Waals surface area contributed by atoms with Gasteiger partial charge in [-0.05, 0) is 47.5 Å². The number of benzene rings is 2. The summed E-state index contributed by atoms with van der Waals surface area (Å²) in [5.41, 5.74) is 2.78. The lowest BCUT2D eigenvalue weighted by molar-refractivity contribution is 0.0959. The fourth-order valence-corrected chi connectivity index (χ4v) is 3.35. The van der Waals surface area contributed by atoms with E-state index < -0.39 is 11.7 Å². The van der Waals surface area contributed by atoms with E-state index in [0.29, 0.717) is 28.5 Å². The van der Waals surface area contributed by atoms with Crippen LogP contribution in [0.15, 0.2) is 54.9 Å². The van der Waals surface area contributed by atoms with Crippen LogP contribution in [0.5, 0.6) is 5.75 Å². The minimum atomic E-state index is -0.587. The summed E-state index contributed by atoms with van der Waals surface area (Å²) in [5.74, 6) is 0.573. The molecule has 7 nitrogen and oxygen atoms in total. The number of pyridine rings is 1. The molecule has 0 saturated carbocycles. The Morgan fingerprint density at radius 2 is 1.87 bits per heavy atom. The van der Waals surface area contributed by atoms with Crippen LogP contribution in [0.2, 0.25) is 0 Å². The van der Waals surface area contributed by atoms with Crippen molar-refractivity contribution in [2.75, 3.05) is 26.5 Å². The van der Waals surface area contributed by atoms with Crippen molar-refractivity contribution < 1.29 is 13.9 Å². The molecule has 4 aromatic rings. The summed E-state index contributed by atoms with van der Waals surface area (Å²) in [5, 5.41) is 6.29. The lowest BCUT2D eigenvalue weighted by Gasteiger charge is -2.14. The lowest BCUT2D eigenvalue weighted by atomic mass is 10.00. The summed E-state index contributed by atoms with van der Waals surface area (Å²) in [7, 11) is 4.80. The van der Waals surface area contributed by atoms with Crippen molar-refractivity contribution in [3.8, 4) is 28.3 Å². The highest BCUT2D eigenvalue weighted by molar-refractivity contribution is 5.99. The Morgan fingerprint density at radius 1 is 1.03 bits per heavy atom. The molecule has 156 valence electrons. The van der Waals surface area contributed by atoms with Gasteiger partial charge in [-0.15, -0.1) is 0 Å². The molecule has 8 heteroatoms. The number of anilines is 1. The van der Waals surface area contributed by atoms with E-state index in [-0.39, 0.29) is 5.56 Å². The molecule has 0 atom stereocenters. The number of halogens is 1. The molecule has 0 aliphatic heterocycles. The van der Waals surface area contributed by atoms with E-state index in [4.69, 9.17) is 9.72 Å². The van der Waals surface area contributed by atoms with Gasteiger partial charge in [0.1, 0.15) is 22.9 Å². The molecule has 0 radical (unpaired) electrons. The normalized spacial score (nSPS) is 10.7. The second-order valence-electron chi connectivity index (χ2n) is 6.74. The molecule has 31 heavy (non-hydrogen) atoms. The van der Waals surface area contributed by atoms with Crippen molar-refractivity contribution in [3.05, 3.63) is 66.2 Å². The number of aromatic nitrogens is 3. The summed E-state index contributed by atoms with van der Waals surface area (Å²) >= 11 is 0. The van der Waals surface area contributed by atoms with Crippen LogP contribution in [0.4, 0.5) is 10.2 Å². The molecule has 0 bridgehead atoms. The monoisotopic (exact) mass is 417 g/mol. The molecule has 0 unspecified atom stereocenters. The fraction of sp³-hybridized carbons (Fsp3) is 0.130. The Bertz CT molecular complexity index is 1280. The van der Waals surface area contributed by atoms with Gasteiger partial charge in [-0.25, -0.2) is 14.4 Å². The molecule has 2 aromatic carbocycles. The van der Waals surface area contributed by atoms with Crippen molar-refractivity contribution in [2.24, 2.45) is 0 Å². The zero-order valence-electron chi connectivity index (χ0n) is 17.2. The van der Waals surface area contributed by atoms with E-state index in [1.807, 2.05) is 24.3 Å². The number of carbonyl (C=O) groups is 1. The largest absolute Gasteiger partial charge is 0.494 e. The molecule has 0 fully saturated rings. The van der Waals surface area contributed by atoms with E-state index in [1.54, 1.807) is 32.6 Å². The van der Waals surface area contributed by atoms with Gasteiger partial charge in [-0.1, -0.05) is 6.07 Å². The molecule has 4 rings (SSSR count). The SMILES string of the molecule is CNC(=O)c1cc(-c2cc(OC)c3nc(-c4cccnc4)nc(NC)c3c2)ccc1F. The second-order valence-corrected chi connectivity index (χ2v) is 6.74. The van der Waals surface area contributed by atoms with Crippen LogP contribution >= 0.6 is 0 Å². The average molecular weight is 417 g/mol. The fourth-order valence-electron chi connectivity index (χ4n) is 3.35. The number of methoxy groups -OCH3 is 1. The number of amides is 1. The summed E-state index contributed by atoms with van der Waals surface area (Å²) in [6, 6.07) is 11.8. The van der Waals surface area contributed by atoms with Crippen LogP contribution < -0.4 is 15.4 Å². The number of hydrogen-bond donors (Lipinski definition) is 2.